The Morgan fingerprint density at radius 3 is 2.79 bits per heavy atom. The summed E-state index contributed by atoms with van der Waals surface area (Å²) < 4.78 is 14.0. The zero-order valence-corrected chi connectivity index (χ0v) is 10.5. The first-order chi connectivity index (χ1) is 9.00. The Morgan fingerprint density at radius 1 is 1.42 bits per heavy atom. The Labute approximate surface area is 110 Å². The van der Waals surface area contributed by atoms with Crippen molar-refractivity contribution in [3.8, 4) is 0 Å². The van der Waals surface area contributed by atoms with E-state index in [4.69, 9.17) is 5.73 Å². The predicted octanol–water partition coefficient (Wildman–Crippen LogP) is -0.621. The van der Waals surface area contributed by atoms with E-state index in [9.17, 15) is 14.6 Å². The number of hydrogen-bond donors (Lipinski definition) is 3. The van der Waals surface area contributed by atoms with Crippen LogP contribution in [0.25, 0.3) is 0 Å². The molecular formula is C12H17FN4O2. The smallest absolute Gasteiger partial charge is 0.143 e. The van der Waals surface area contributed by atoms with Crippen molar-refractivity contribution in [2.75, 3.05) is 0 Å². The van der Waals surface area contributed by atoms with Crippen molar-refractivity contribution in [3.05, 3.63) is 12.0 Å². The van der Waals surface area contributed by atoms with Crippen molar-refractivity contribution in [1.29, 1.82) is 0 Å². The molecule has 1 aliphatic carbocycles. The molecule has 0 aromatic rings. The molecule has 104 valence electrons. The van der Waals surface area contributed by atoms with Crippen molar-refractivity contribution in [2.24, 2.45) is 21.6 Å². The summed E-state index contributed by atoms with van der Waals surface area (Å²) in [5, 5.41) is 19.9. The van der Waals surface area contributed by atoms with Gasteiger partial charge in [0.15, 0.2) is 0 Å². The molecule has 0 radical (unpaired) electrons. The molecule has 4 N–H and O–H groups in total. The van der Waals surface area contributed by atoms with E-state index in [1.807, 2.05) is 6.92 Å². The Bertz CT molecular complexity index is 478. The quantitative estimate of drug-likeness (QED) is 0.590. The Hall–Kier alpha value is -1.47. The van der Waals surface area contributed by atoms with E-state index < -0.39 is 30.1 Å². The summed E-state index contributed by atoms with van der Waals surface area (Å²) in [6.45, 7) is 1.86. The van der Waals surface area contributed by atoms with Crippen LogP contribution in [-0.2, 0) is 0 Å². The number of aliphatic imine (C=N–C) groups is 2. The van der Waals surface area contributed by atoms with Crippen LogP contribution in [0.3, 0.4) is 0 Å². The highest BCUT2D eigenvalue weighted by Gasteiger charge is 2.48. The number of aliphatic hydroxyl groups is 2. The molecule has 6 atom stereocenters. The van der Waals surface area contributed by atoms with Crippen molar-refractivity contribution >= 4 is 12.2 Å². The fraction of sp³-hybridized carbons (Fsp3) is 0.667. The first-order valence-corrected chi connectivity index (χ1v) is 6.36. The molecule has 1 saturated carbocycles. The fourth-order valence-corrected chi connectivity index (χ4v) is 3.10. The molecule has 0 bridgehead atoms. The zero-order chi connectivity index (χ0) is 13.7. The molecule has 0 amide bonds. The summed E-state index contributed by atoms with van der Waals surface area (Å²) in [4.78, 5) is 9.60. The van der Waals surface area contributed by atoms with E-state index in [-0.39, 0.29) is 17.8 Å². The minimum absolute atomic E-state index is 0.0332. The van der Waals surface area contributed by atoms with Crippen LogP contribution in [0.4, 0.5) is 4.39 Å². The van der Waals surface area contributed by atoms with E-state index >= 15 is 0 Å². The van der Waals surface area contributed by atoms with Crippen LogP contribution >= 0.6 is 0 Å². The number of amidine groups is 1. The van der Waals surface area contributed by atoms with E-state index in [1.165, 1.54) is 6.34 Å². The van der Waals surface area contributed by atoms with Gasteiger partial charge in [-0.25, -0.2) is 9.38 Å². The molecule has 0 aromatic heterocycles. The third-order valence-electron chi connectivity index (χ3n) is 4.23. The first-order valence-electron chi connectivity index (χ1n) is 6.36. The fourth-order valence-electron chi connectivity index (χ4n) is 3.10. The molecule has 3 rings (SSSR count). The molecule has 19 heavy (non-hydrogen) atoms. The van der Waals surface area contributed by atoms with Gasteiger partial charge in [-0.1, -0.05) is 6.92 Å². The number of rotatable bonds is 1. The van der Waals surface area contributed by atoms with E-state index in [0.29, 0.717) is 6.42 Å². The lowest BCUT2D eigenvalue weighted by Gasteiger charge is -2.34. The van der Waals surface area contributed by atoms with Gasteiger partial charge in [-0.3, -0.25) is 4.99 Å². The second-order valence-electron chi connectivity index (χ2n) is 5.43. The standard InChI is InChI=1S/C12H17FN4O2/c1-5-2-7(11(19)10(5)18)17-4-16-8-9(17)6(13)3-15-12(8)14/h3-5,7-11,18-19H,2H2,1H3,(H2,14,15)/t5-,7+,8?,9?,10+,11-/m0/s1. The maximum absolute atomic E-state index is 14.0. The summed E-state index contributed by atoms with van der Waals surface area (Å²) in [5.74, 6) is -0.182. The summed E-state index contributed by atoms with van der Waals surface area (Å²) in [5.41, 5.74) is 5.72. The van der Waals surface area contributed by atoms with Gasteiger partial charge in [0.2, 0.25) is 0 Å². The van der Waals surface area contributed by atoms with Gasteiger partial charge in [0.1, 0.15) is 29.9 Å². The normalized spacial score (nSPS) is 45.2. The first kappa shape index (κ1) is 12.6. The third kappa shape index (κ3) is 1.76. The van der Waals surface area contributed by atoms with Crippen molar-refractivity contribution in [3.63, 3.8) is 0 Å². The summed E-state index contributed by atoms with van der Waals surface area (Å²) in [6.07, 6.45) is 1.49. The lowest BCUT2D eigenvalue weighted by atomic mass is 10.0. The van der Waals surface area contributed by atoms with Crippen molar-refractivity contribution < 1.29 is 14.6 Å². The van der Waals surface area contributed by atoms with Gasteiger partial charge in [0.05, 0.1) is 24.7 Å². The molecule has 2 heterocycles. The largest absolute Gasteiger partial charge is 0.390 e. The molecule has 6 nitrogen and oxygen atoms in total. The third-order valence-corrected chi connectivity index (χ3v) is 4.23. The molecule has 0 aromatic carbocycles. The van der Waals surface area contributed by atoms with Crippen molar-refractivity contribution in [2.45, 2.75) is 43.7 Å². The molecule has 2 aliphatic heterocycles. The number of nitrogens with zero attached hydrogens (tertiary/aromatic N) is 3. The zero-order valence-electron chi connectivity index (χ0n) is 10.5. The SMILES string of the molecule is C[C@H]1C[C@@H](N2C=NC3C(N)=NC=C(F)C32)[C@H](O)[C@@H]1O. The monoisotopic (exact) mass is 268 g/mol. The van der Waals surface area contributed by atoms with E-state index in [2.05, 4.69) is 9.98 Å². The van der Waals surface area contributed by atoms with Crippen LogP contribution in [0.1, 0.15) is 13.3 Å². The highest BCUT2D eigenvalue weighted by molar-refractivity contribution is 5.91. The second kappa shape index (κ2) is 4.28. The lowest BCUT2D eigenvalue weighted by molar-refractivity contribution is -0.000474. The number of nitrogens with two attached hydrogens (primary N) is 1. The second-order valence-corrected chi connectivity index (χ2v) is 5.43. The Morgan fingerprint density at radius 2 is 2.16 bits per heavy atom. The Balaban J connectivity index is 1.86. The van der Waals surface area contributed by atoms with Gasteiger partial charge in [-0.15, -0.1) is 0 Å². The van der Waals surface area contributed by atoms with Crippen LogP contribution in [0, 0.1) is 5.92 Å². The topological polar surface area (TPSA) is 94.4 Å². The number of aliphatic hydroxyl groups excluding tert-OH is 2. The molecular weight excluding hydrogens is 251 g/mol. The van der Waals surface area contributed by atoms with Gasteiger partial charge in [-0.05, 0) is 12.3 Å². The minimum atomic E-state index is -0.909. The van der Waals surface area contributed by atoms with Gasteiger partial charge >= 0.3 is 0 Å². The minimum Gasteiger partial charge on any atom is -0.390 e. The van der Waals surface area contributed by atoms with E-state index in [1.54, 1.807) is 4.90 Å². The maximum Gasteiger partial charge on any atom is 0.143 e. The van der Waals surface area contributed by atoms with Crippen LogP contribution in [-0.4, -0.2) is 57.6 Å². The molecule has 0 spiro atoms. The average molecular weight is 268 g/mol. The van der Waals surface area contributed by atoms with Crippen molar-refractivity contribution in [1.82, 2.24) is 4.90 Å². The lowest BCUT2D eigenvalue weighted by Crippen LogP contribution is -2.51. The summed E-state index contributed by atoms with van der Waals surface area (Å²) in [6, 6.07) is -1.53. The number of halogens is 1. The van der Waals surface area contributed by atoms with Crippen LogP contribution in [0.5, 0.6) is 0 Å². The van der Waals surface area contributed by atoms with Gasteiger partial charge in [0, 0.05) is 0 Å². The van der Waals surface area contributed by atoms with E-state index in [0.717, 1.165) is 6.20 Å². The molecule has 3 aliphatic rings. The van der Waals surface area contributed by atoms with Gasteiger partial charge in [0.25, 0.3) is 0 Å². The van der Waals surface area contributed by atoms with Crippen LogP contribution in [0.2, 0.25) is 0 Å². The van der Waals surface area contributed by atoms with Crippen LogP contribution < -0.4 is 5.73 Å². The Kier molecular flexibility index (Phi) is 2.83. The maximum atomic E-state index is 14.0. The summed E-state index contributed by atoms with van der Waals surface area (Å²) >= 11 is 0. The summed E-state index contributed by atoms with van der Waals surface area (Å²) in [7, 11) is 0. The molecule has 2 unspecified atom stereocenters. The van der Waals surface area contributed by atoms with Crippen LogP contribution in [0.15, 0.2) is 22.0 Å². The number of fused-ring (bicyclic) bond motifs is 1. The molecule has 1 fully saturated rings. The molecule has 7 heteroatoms. The average Bonchev–Trinajstić information content (AvgIpc) is 2.92. The molecule has 0 saturated heterocycles. The predicted molar refractivity (Wildman–Crippen MR) is 68.3 cm³/mol. The van der Waals surface area contributed by atoms with Gasteiger partial charge < -0.3 is 20.8 Å². The number of hydrogen-bond acceptors (Lipinski definition) is 6. The highest BCUT2D eigenvalue weighted by Crippen LogP contribution is 2.35. The highest BCUT2D eigenvalue weighted by atomic mass is 19.1. The van der Waals surface area contributed by atoms with Gasteiger partial charge in [-0.2, -0.15) is 0 Å².